The van der Waals surface area contributed by atoms with Gasteiger partial charge in [-0.2, -0.15) is 4.31 Å². The summed E-state index contributed by atoms with van der Waals surface area (Å²) >= 11 is 0. The molecule has 0 spiro atoms. The van der Waals surface area contributed by atoms with E-state index in [9.17, 15) is 8.42 Å². The van der Waals surface area contributed by atoms with Crippen molar-refractivity contribution in [3.8, 4) is 0 Å². The molecule has 0 aliphatic carbocycles. The summed E-state index contributed by atoms with van der Waals surface area (Å²) in [5, 5.41) is 0.0856. The molecule has 1 aromatic rings. The van der Waals surface area contributed by atoms with Crippen molar-refractivity contribution in [1.29, 1.82) is 0 Å². The molecule has 3 atom stereocenters. The zero-order chi connectivity index (χ0) is 15.0. The van der Waals surface area contributed by atoms with Crippen molar-refractivity contribution in [2.45, 2.75) is 36.4 Å². The molecular weight excluding hydrogens is 292 g/mol. The molecule has 2 aliphatic rings. The summed E-state index contributed by atoms with van der Waals surface area (Å²) in [6.07, 6.45) is 6.26. The number of nitrogens with zero attached hydrogens (tertiary/aromatic N) is 3. The highest BCUT2D eigenvalue weighted by Gasteiger charge is 2.42. The van der Waals surface area contributed by atoms with Gasteiger partial charge in [-0.1, -0.05) is 0 Å². The highest BCUT2D eigenvalue weighted by atomic mass is 32.2. The normalized spacial score (nSPS) is 31.6. The van der Waals surface area contributed by atoms with E-state index < -0.39 is 10.0 Å². The average molecular weight is 314 g/mol. The summed E-state index contributed by atoms with van der Waals surface area (Å²) in [6, 6.07) is -0.174. The van der Waals surface area contributed by atoms with Crippen molar-refractivity contribution < 1.29 is 13.2 Å². The van der Waals surface area contributed by atoms with E-state index in [0.29, 0.717) is 13.1 Å². The molecule has 21 heavy (non-hydrogen) atoms. The second kappa shape index (κ2) is 5.68. The molecule has 0 saturated carbocycles. The lowest BCUT2D eigenvalue weighted by Crippen LogP contribution is -2.39. The smallest absolute Gasteiger partial charge is 0.262 e. The summed E-state index contributed by atoms with van der Waals surface area (Å²) in [7, 11) is -1.81. The van der Waals surface area contributed by atoms with Gasteiger partial charge in [0.25, 0.3) is 10.0 Å². The van der Waals surface area contributed by atoms with Crippen molar-refractivity contribution in [2.75, 3.05) is 19.7 Å². The van der Waals surface area contributed by atoms with E-state index in [0.717, 1.165) is 25.9 Å². The fraction of sp³-hybridized carbons (Fsp3) is 0.769. The Morgan fingerprint density at radius 2 is 2.19 bits per heavy atom. The van der Waals surface area contributed by atoms with E-state index in [2.05, 4.69) is 4.98 Å². The lowest BCUT2D eigenvalue weighted by Gasteiger charge is -2.29. The third kappa shape index (κ3) is 2.85. The molecule has 2 fully saturated rings. The second-order valence-corrected chi connectivity index (χ2v) is 7.82. The molecule has 2 saturated heterocycles. The van der Waals surface area contributed by atoms with E-state index in [1.165, 1.54) is 16.8 Å². The fourth-order valence-electron chi connectivity index (χ4n) is 3.16. The molecule has 0 amide bonds. The number of sulfonamides is 1. The van der Waals surface area contributed by atoms with Crippen molar-refractivity contribution in [1.82, 2.24) is 13.9 Å². The van der Waals surface area contributed by atoms with Gasteiger partial charge in [0.2, 0.25) is 0 Å². The summed E-state index contributed by atoms with van der Waals surface area (Å²) in [5.74, 6) is 0.0730. The van der Waals surface area contributed by atoms with Gasteiger partial charge in [0.15, 0.2) is 5.03 Å². The Hall–Kier alpha value is -0.960. The summed E-state index contributed by atoms with van der Waals surface area (Å²) in [4.78, 5) is 3.96. The Morgan fingerprint density at radius 1 is 1.38 bits per heavy atom. The van der Waals surface area contributed by atoms with E-state index in [1.807, 2.05) is 0 Å². The van der Waals surface area contributed by atoms with Crippen LogP contribution in [0, 0.1) is 5.92 Å². The van der Waals surface area contributed by atoms with Crippen molar-refractivity contribution in [3.63, 3.8) is 0 Å². The molecule has 3 heterocycles. The van der Waals surface area contributed by atoms with Crippen LogP contribution in [-0.4, -0.2) is 54.1 Å². The van der Waals surface area contributed by atoms with Crippen LogP contribution < -0.4 is 5.73 Å². The van der Waals surface area contributed by atoms with E-state index in [4.69, 9.17) is 10.5 Å². The van der Waals surface area contributed by atoms with Crippen molar-refractivity contribution in [2.24, 2.45) is 18.7 Å². The van der Waals surface area contributed by atoms with Gasteiger partial charge in [0, 0.05) is 44.9 Å². The zero-order valence-electron chi connectivity index (χ0n) is 12.2. The molecular formula is C13H22N4O3S. The quantitative estimate of drug-likeness (QED) is 0.844. The number of ether oxygens (including phenoxy) is 1. The first-order chi connectivity index (χ1) is 9.98. The minimum absolute atomic E-state index is 0.0730. The topological polar surface area (TPSA) is 90.5 Å². The fourth-order valence-corrected chi connectivity index (χ4v) is 4.64. The number of rotatable bonds is 3. The zero-order valence-corrected chi connectivity index (χ0v) is 13.0. The van der Waals surface area contributed by atoms with Crippen LogP contribution in [0.4, 0.5) is 0 Å². The van der Waals surface area contributed by atoms with Crippen LogP contribution in [0.2, 0.25) is 0 Å². The maximum atomic E-state index is 12.6. The molecule has 0 bridgehead atoms. The van der Waals surface area contributed by atoms with Crippen molar-refractivity contribution in [3.05, 3.63) is 12.5 Å². The number of aryl methyl sites for hydroxylation is 1. The Kier molecular flexibility index (Phi) is 4.04. The van der Waals surface area contributed by atoms with Gasteiger partial charge in [-0.15, -0.1) is 0 Å². The molecule has 7 nitrogen and oxygen atoms in total. The minimum Gasteiger partial charge on any atom is -0.378 e. The number of hydrogen-bond donors (Lipinski definition) is 1. The molecule has 118 valence electrons. The van der Waals surface area contributed by atoms with Crippen LogP contribution in [0.3, 0.4) is 0 Å². The minimum atomic E-state index is -3.56. The third-order valence-electron chi connectivity index (χ3n) is 4.36. The molecule has 2 aliphatic heterocycles. The standard InChI is InChI=1S/C13H22N4O3S/c1-16-8-13(15-9-16)21(18,19)17-6-10(11(14)7-17)12-4-2-3-5-20-12/h8-12H,2-7,14H2,1H3/t10-,11-,12?/m1/s1. The Bertz CT molecular complexity index is 594. The second-order valence-electron chi connectivity index (χ2n) is 5.93. The predicted molar refractivity (Wildman–Crippen MR) is 77.0 cm³/mol. The molecule has 0 radical (unpaired) electrons. The molecule has 1 unspecified atom stereocenters. The van der Waals surface area contributed by atoms with Crippen LogP contribution in [0.1, 0.15) is 19.3 Å². The highest BCUT2D eigenvalue weighted by molar-refractivity contribution is 7.89. The first-order valence-electron chi connectivity index (χ1n) is 7.34. The summed E-state index contributed by atoms with van der Waals surface area (Å²) in [5.41, 5.74) is 6.17. The first-order valence-corrected chi connectivity index (χ1v) is 8.78. The van der Waals surface area contributed by atoms with Crippen molar-refractivity contribution >= 4 is 10.0 Å². The van der Waals surface area contributed by atoms with Gasteiger partial charge in [0.05, 0.1) is 12.4 Å². The monoisotopic (exact) mass is 314 g/mol. The van der Waals surface area contributed by atoms with Gasteiger partial charge in [0.1, 0.15) is 0 Å². The first kappa shape index (κ1) is 15.0. The Balaban J connectivity index is 1.75. The molecule has 3 rings (SSSR count). The maximum Gasteiger partial charge on any atom is 0.262 e. The molecule has 8 heteroatoms. The Labute approximate surface area is 125 Å². The average Bonchev–Trinajstić information content (AvgIpc) is 3.07. The molecule has 2 N–H and O–H groups in total. The van der Waals surface area contributed by atoms with E-state index in [-0.39, 0.29) is 23.1 Å². The molecule has 0 aromatic carbocycles. The lowest BCUT2D eigenvalue weighted by atomic mass is 9.92. The summed E-state index contributed by atoms with van der Waals surface area (Å²) < 4.78 is 34.0. The van der Waals surface area contributed by atoms with Crippen LogP contribution in [0.15, 0.2) is 17.6 Å². The number of nitrogens with two attached hydrogens (primary N) is 1. The predicted octanol–water partition coefficient (Wildman–Crippen LogP) is -0.0630. The van der Waals surface area contributed by atoms with Crippen LogP contribution >= 0.6 is 0 Å². The maximum absolute atomic E-state index is 12.6. The third-order valence-corrected chi connectivity index (χ3v) is 6.07. The van der Waals surface area contributed by atoms with Gasteiger partial charge in [-0.05, 0) is 19.3 Å². The number of imidazole rings is 1. The highest BCUT2D eigenvalue weighted by Crippen LogP contribution is 2.30. The summed E-state index contributed by atoms with van der Waals surface area (Å²) in [6.45, 7) is 1.51. The van der Waals surface area contributed by atoms with Gasteiger partial charge < -0.3 is 15.0 Å². The largest absolute Gasteiger partial charge is 0.378 e. The van der Waals surface area contributed by atoms with Gasteiger partial charge >= 0.3 is 0 Å². The number of aromatic nitrogens is 2. The van der Waals surface area contributed by atoms with Gasteiger partial charge in [-0.3, -0.25) is 0 Å². The van der Waals surface area contributed by atoms with E-state index >= 15 is 0 Å². The van der Waals surface area contributed by atoms with Gasteiger partial charge in [-0.25, -0.2) is 13.4 Å². The van der Waals surface area contributed by atoms with Crippen LogP contribution in [-0.2, 0) is 21.8 Å². The van der Waals surface area contributed by atoms with Crippen LogP contribution in [0.5, 0.6) is 0 Å². The Morgan fingerprint density at radius 3 is 2.81 bits per heavy atom. The molecule has 1 aromatic heterocycles. The SMILES string of the molecule is Cn1cnc(S(=O)(=O)N2C[C@@H](N)[C@H](C3CCCCO3)C2)c1. The van der Waals surface area contributed by atoms with Crippen LogP contribution in [0.25, 0.3) is 0 Å². The van der Waals surface area contributed by atoms with E-state index in [1.54, 1.807) is 11.6 Å². The number of hydrogen-bond acceptors (Lipinski definition) is 5. The lowest BCUT2D eigenvalue weighted by molar-refractivity contribution is -0.0201.